The Bertz CT molecular complexity index is 693. The molecule has 1 aliphatic carbocycles. The van der Waals surface area contributed by atoms with E-state index in [1.807, 2.05) is 0 Å². The molecule has 0 saturated heterocycles. The van der Waals surface area contributed by atoms with Crippen LogP contribution in [-0.2, 0) is 7.05 Å². The molecule has 0 spiro atoms. The number of aromatic nitrogens is 2. The molecule has 0 atom stereocenters. The molecule has 1 aliphatic rings. The standard InChI is InChI=1S/C11H11N2.3C4H9.Sn/c1-13-11-6-9(8-2-3-8)4-5-10(11)7-12-13;3*1-3-4-2;/h4-6,8H,2-3H2,1H3;3*1,3-4H2,2H3;. The van der Waals surface area contributed by atoms with Gasteiger partial charge in [-0.25, -0.2) is 0 Å². The van der Waals surface area contributed by atoms with Gasteiger partial charge in [-0.1, -0.05) is 0 Å². The number of benzene rings is 1. The van der Waals surface area contributed by atoms with Gasteiger partial charge >= 0.3 is 165 Å². The Kier molecular flexibility index (Phi) is 7.10. The second-order valence-electron chi connectivity index (χ2n) is 8.61. The van der Waals surface area contributed by atoms with Crippen molar-refractivity contribution in [2.75, 3.05) is 0 Å². The molecule has 144 valence electrons. The van der Waals surface area contributed by atoms with Gasteiger partial charge in [0.1, 0.15) is 0 Å². The fraction of sp³-hybridized carbons (Fsp3) is 0.696. The molecule has 1 aromatic carbocycles. The van der Waals surface area contributed by atoms with Gasteiger partial charge in [-0.2, -0.15) is 0 Å². The normalized spacial score (nSPS) is 15.1. The summed E-state index contributed by atoms with van der Waals surface area (Å²) in [6.07, 6.45) is 10.9. The number of hydrogen-bond donors (Lipinski definition) is 0. The van der Waals surface area contributed by atoms with Crippen molar-refractivity contribution in [3.63, 3.8) is 0 Å². The van der Waals surface area contributed by atoms with E-state index < -0.39 is 18.4 Å². The molecule has 2 nitrogen and oxygen atoms in total. The van der Waals surface area contributed by atoms with Crippen molar-refractivity contribution in [2.24, 2.45) is 7.05 Å². The van der Waals surface area contributed by atoms with Crippen molar-refractivity contribution in [3.8, 4) is 0 Å². The van der Waals surface area contributed by atoms with Crippen molar-refractivity contribution < 1.29 is 0 Å². The molecular weight excluding hydrogens is 423 g/mol. The SMILES string of the molecule is CCC[CH2][Sn]([CH2]CCC)([CH2]CCC)[c]1nn(C)c2cc(C3CC3)ccc12. The van der Waals surface area contributed by atoms with E-state index in [2.05, 4.69) is 50.7 Å². The van der Waals surface area contributed by atoms with Gasteiger partial charge in [0, 0.05) is 0 Å². The first-order valence-corrected chi connectivity index (χ1v) is 18.6. The van der Waals surface area contributed by atoms with E-state index in [0.717, 1.165) is 5.92 Å². The molecule has 0 amide bonds. The van der Waals surface area contributed by atoms with E-state index in [4.69, 9.17) is 5.10 Å². The zero-order chi connectivity index (χ0) is 18.6. The average Bonchev–Trinajstić information content (AvgIpc) is 3.46. The Morgan fingerprint density at radius 3 is 2.04 bits per heavy atom. The third-order valence-corrected chi connectivity index (χ3v) is 21.6. The summed E-state index contributed by atoms with van der Waals surface area (Å²) in [5.74, 6) is 0.825. The van der Waals surface area contributed by atoms with Crippen molar-refractivity contribution in [2.45, 2.75) is 91.4 Å². The van der Waals surface area contributed by atoms with Crippen LogP contribution in [0.5, 0.6) is 0 Å². The van der Waals surface area contributed by atoms with Gasteiger partial charge < -0.3 is 0 Å². The summed E-state index contributed by atoms with van der Waals surface area (Å²) >= 11 is -2.46. The first kappa shape index (κ1) is 20.2. The number of fused-ring (bicyclic) bond motifs is 1. The first-order chi connectivity index (χ1) is 12.6. The van der Waals surface area contributed by atoms with Crippen LogP contribution in [0, 0.1) is 0 Å². The first-order valence-electron chi connectivity index (χ1n) is 11.1. The third-order valence-electron chi connectivity index (χ3n) is 6.45. The van der Waals surface area contributed by atoms with Gasteiger partial charge in [-0.05, 0) is 0 Å². The molecule has 0 N–H and O–H groups in total. The van der Waals surface area contributed by atoms with Crippen LogP contribution >= 0.6 is 0 Å². The van der Waals surface area contributed by atoms with Crippen LogP contribution in [0.25, 0.3) is 10.9 Å². The van der Waals surface area contributed by atoms with E-state index in [0.29, 0.717) is 0 Å². The third kappa shape index (κ3) is 4.31. The van der Waals surface area contributed by atoms with Crippen LogP contribution in [0.1, 0.15) is 83.6 Å². The summed E-state index contributed by atoms with van der Waals surface area (Å²) < 4.78 is 8.33. The van der Waals surface area contributed by atoms with Crippen molar-refractivity contribution >= 4 is 33.0 Å². The van der Waals surface area contributed by atoms with Gasteiger partial charge in [0.05, 0.1) is 0 Å². The quantitative estimate of drug-likeness (QED) is 0.349. The summed E-state index contributed by atoms with van der Waals surface area (Å²) in [4.78, 5) is 0. The number of nitrogens with zero attached hydrogens (tertiary/aromatic N) is 2. The Labute approximate surface area is 164 Å². The summed E-state index contributed by atoms with van der Waals surface area (Å²) in [6.45, 7) is 7.07. The maximum atomic E-state index is 5.25. The summed E-state index contributed by atoms with van der Waals surface area (Å²) in [7, 11) is 2.18. The maximum absolute atomic E-state index is 5.25. The molecule has 0 unspecified atom stereocenters. The zero-order valence-electron chi connectivity index (χ0n) is 17.5. The van der Waals surface area contributed by atoms with Gasteiger partial charge in [0.25, 0.3) is 0 Å². The summed E-state index contributed by atoms with van der Waals surface area (Å²) in [5.41, 5.74) is 2.94. The molecule has 0 bridgehead atoms. The molecule has 3 rings (SSSR count). The number of unbranched alkanes of at least 4 members (excludes halogenated alkanes) is 3. The fourth-order valence-corrected chi connectivity index (χ4v) is 20.9. The van der Waals surface area contributed by atoms with Crippen LogP contribution < -0.4 is 3.71 Å². The second-order valence-corrected chi connectivity index (χ2v) is 21.6. The molecule has 1 heterocycles. The Morgan fingerprint density at radius 1 is 0.962 bits per heavy atom. The fourth-order valence-electron chi connectivity index (χ4n) is 4.61. The molecule has 3 heteroatoms. The van der Waals surface area contributed by atoms with Crippen LogP contribution in [-0.4, -0.2) is 28.2 Å². The van der Waals surface area contributed by atoms with Crippen LogP contribution in [0.4, 0.5) is 0 Å². The Hall–Kier alpha value is -0.511. The molecule has 26 heavy (non-hydrogen) atoms. The van der Waals surface area contributed by atoms with E-state index >= 15 is 0 Å². The van der Waals surface area contributed by atoms with E-state index in [1.54, 1.807) is 9.27 Å². The number of aryl methyl sites for hydroxylation is 1. The van der Waals surface area contributed by atoms with E-state index in [-0.39, 0.29) is 0 Å². The molecular formula is C23H38N2Sn. The second kappa shape index (κ2) is 9.12. The predicted molar refractivity (Wildman–Crippen MR) is 117 cm³/mol. The molecule has 2 aromatic rings. The molecule has 1 saturated carbocycles. The Morgan fingerprint density at radius 2 is 1.54 bits per heavy atom. The summed E-state index contributed by atoms with van der Waals surface area (Å²) in [5, 5.41) is 6.76. The van der Waals surface area contributed by atoms with E-state index in [1.165, 1.54) is 75.6 Å². The average molecular weight is 461 g/mol. The molecule has 0 radical (unpaired) electrons. The minimum absolute atomic E-state index is 0.825. The van der Waals surface area contributed by atoms with Crippen molar-refractivity contribution in [1.29, 1.82) is 0 Å². The Balaban J connectivity index is 2.05. The van der Waals surface area contributed by atoms with Crippen molar-refractivity contribution in [3.05, 3.63) is 23.8 Å². The molecule has 0 aliphatic heterocycles. The van der Waals surface area contributed by atoms with Crippen LogP contribution in [0.15, 0.2) is 18.2 Å². The van der Waals surface area contributed by atoms with Gasteiger partial charge in [-0.3, -0.25) is 0 Å². The zero-order valence-corrected chi connectivity index (χ0v) is 20.3. The molecule has 1 aromatic heterocycles. The number of hydrogen-bond acceptors (Lipinski definition) is 1. The number of rotatable bonds is 11. The van der Waals surface area contributed by atoms with Crippen LogP contribution in [0.2, 0.25) is 13.3 Å². The van der Waals surface area contributed by atoms with E-state index in [9.17, 15) is 0 Å². The monoisotopic (exact) mass is 462 g/mol. The van der Waals surface area contributed by atoms with Crippen molar-refractivity contribution in [1.82, 2.24) is 9.78 Å². The van der Waals surface area contributed by atoms with Gasteiger partial charge in [0.2, 0.25) is 0 Å². The topological polar surface area (TPSA) is 17.8 Å². The predicted octanol–water partition coefficient (Wildman–Crippen LogP) is 6.51. The van der Waals surface area contributed by atoms with Gasteiger partial charge in [-0.15, -0.1) is 0 Å². The minimum atomic E-state index is -2.46. The summed E-state index contributed by atoms with van der Waals surface area (Å²) in [6, 6.07) is 7.32. The molecule has 1 fully saturated rings. The van der Waals surface area contributed by atoms with Gasteiger partial charge in [0.15, 0.2) is 0 Å². The van der Waals surface area contributed by atoms with Crippen LogP contribution in [0.3, 0.4) is 0 Å².